The van der Waals surface area contributed by atoms with Crippen molar-refractivity contribution < 1.29 is 27.9 Å². The second-order valence-electron chi connectivity index (χ2n) is 11.4. The van der Waals surface area contributed by atoms with Crippen molar-refractivity contribution in [1.29, 1.82) is 0 Å². The minimum absolute atomic E-state index is 0.135. The molecule has 0 radical (unpaired) electrons. The summed E-state index contributed by atoms with van der Waals surface area (Å²) in [6.45, 7) is 3.62. The van der Waals surface area contributed by atoms with Gasteiger partial charge in [0.25, 0.3) is 0 Å². The molecule has 0 aliphatic rings. The van der Waals surface area contributed by atoms with Crippen LogP contribution >= 0.6 is 11.3 Å². The second-order valence-corrected chi connectivity index (χ2v) is 14.3. The van der Waals surface area contributed by atoms with Gasteiger partial charge in [0, 0.05) is 17.3 Å². The van der Waals surface area contributed by atoms with Crippen LogP contribution in [0.2, 0.25) is 0 Å². The van der Waals surface area contributed by atoms with Crippen LogP contribution in [0.25, 0.3) is 0 Å². The van der Waals surface area contributed by atoms with Crippen molar-refractivity contribution in [3.63, 3.8) is 0 Å². The lowest BCUT2D eigenvalue weighted by atomic mass is 9.85. The Morgan fingerprint density at radius 2 is 1.43 bits per heavy atom. The number of ether oxygens (including phenoxy) is 1. The summed E-state index contributed by atoms with van der Waals surface area (Å²) in [6.07, 6.45) is -0.273. The van der Waals surface area contributed by atoms with Crippen LogP contribution in [0.1, 0.15) is 53.8 Å². The van der Waals surface area contributed by atoms with Gasteiger partial charge >= 0.3 is 6.09 Å². The molecule has 0 saturated carbocycles. The van der Waals surface area contributed by atoms with E-state index in [-0.39, 0.29) is 23.9 Å². The predicted molar refractivity (Wildman–Crippen MR) is 180 cm³/mol. The highest BCUT2D eigenvalue weighted by atomic mass is 32.2. The summed E-state index contributed by atoms with van der Waals surface area (Å²) in [6, 6.07) is 26.7. The number of benzene rings is 3. The molecule has 0 spiro atoms. The third-order valence-corrected chi connectivity index (χ3v) is 10.7. The number of nitrogens with zero attached hydrogens (tertiary/aromatic N) is 2. The first-order valence-electron chi connectivity index (χ1n) is 15.1. The van der Waals surface area contributed by atoms with Crippen LogP contribution in [0, 0.1) is 5.92 Å². The van der Waals surface area contributed by atoms with E-state index in [1.165, 1.54) is 34.9 Å². The summed E-state index contributed by atoms with van der Waals surface area (Å²) in [5.74, 6) is -0.925. The highest BCUT2D eigenvalue weighted by molar-refractivity contribution is 7.89. The Hall–Kier alpha value is -3.87. The molecule has 0 fully saturated rings. The number of rotatable bonds is 14. The summed E-state index contributed by atoms with van der Waals surface area (Å²) in [5.41, 5.74) is 8.85. The molecule has 4 aromatic rings. The molecule has 2 amide bonds. The first-order valence-corrected chi connectivity index (χ1v) is 17.4. The average molecular weight is 664 g/mol. The zero-order valence-corrected chi connectivity index (χ0v) is 27.9. The standard InChI is InChI=1S/C35H41N3O6S2/c1-25(2)19-20-38(46(42,43)30-17-11-6-12-18-30)31(23-39)28-21-29(45-24-28)22-37(35(41)44-3)34(40)33(36)32(26-13-7-4-8-14-26)27-15-9-5-10-16-27/h4-18,21,24-25,31-33,39H,19-20,22-23,36H2,1-3H3/t31?,33-/m0/s1. The number of hydrogen-bond donors (Lipinski definition) is 2. The monoisotopic (exact) mass is 663 g/mol. The molecule has 1 heterocycles. The Morgan fingerprint density at radius 1 is 0.891 bits per heavy atom. The Kier molecular flexibility index (Phi) is 12.3. The molecule has 46 heavy (non-hydrogen) atoms. The van der Waals surface area contributed by atoms with Crippen LogP contribution in [-0.2, 0) is 26.1 Å². The topological polar surface area (TPSA) is 130 Å². The number of methoxy groups -OCH3 is 1. The molecule has 2 atom stereocenters. The fraction of sp³-hybridized carbons (Fsp3) is 0.314. The fourth-order valence-electron chi connectivity index (χ4n) is 5.32. The Balaban J connectivity index is 1.64. The van der Waals surface area contributed by atoms with Gasteiger partial charge in [-0.2, -0.15) is 4.31 Å². The van der Waals surface area contributed by atoms with Gasteiger partial charge in [-0.05, 0) is 52.6 Å². The molecule has 0 aliphatic heterocycles. The van der Waals surface area contributed by atoms with E-state index in [1.807, 2.05) is 74.5 Å². The number of aliphatic hydroxyl groups excluding tert-OH is 1. The highest BCUT2D eigenvalue weighted by Crippen LogP contribution is 2.33. The lowest BCUT2D eigenvalue weighted by Crippen LogP contribution is -2.49. The van der Waals surface area contributed by atoms with Crippen molar-refractivity contribution >= 4 is 33.4 Å². The lowest BCUT2D eigenvalue weighted by Gasteiger charge is -2.30. The molecule has 0 bridgehead atoms. The number of aliphatic hydroxyl groups is 1. The molecule has 1 unspecified atom stereocenters. The van der Waals surface area contributed by atoms with E-state index in [9.17, 15) is 23.1 Å². The predicted octanol–water partition coefficient (Wildman–Crippen LogP) is 5.77. The molecular weight excluding hydrogens is 623 g/mol. The van der Waals surface area contributed by atoms with Crippen LogP contribution in [0.5, 0.6) is 0 Å². The van der Waals surface area contributed by atoms with Gasteiger partial charge in [0.1, 0.15) is 0 Å². The minimum Gasteiger partial charge on any atom is -0.452 e. The smallest absolute Gasteiger partial charge is 0.416 e. The Bertz CT molecular complexity index is 1620. The maximum atomic E-state index is 14.0. The first kappa shape index (κ1) is 35.0. The molecule has 3 aromatic carbocycles. The number of thiophene rings is 1. The number of nitrogens with two attached hydrogens (primary N) is 1. The van der Waals surface area contributed by atoms with Crippen molar-refractivity contribution in [3.8, 4) is 0 Å². The quantitative estimate of drug-likeness (QED) is 0.175. The maximum Gasteiger partial charge on any atom is 0.416 e. The molecule has 4 rings (SSSR count). The number of carbonyl (C=O) groups is 2. The van der Waals surface area contributed by atoms with Crippen LogP contribution in [0.3, 0.4) is 0 Å². The third kappa shape index (κ3) is 8.28. The molecule has 11 heteroatoms. The van der Waals surface area contributed by atoms with Gasteiger partial charge in [0.15, 0.2) is 0 Å². The summed E-state index contributed by atoms with van der Waals surface area (Å²) in [5, 5.41) is 12.3. The lowest BCUT2D eigenvalue weighted by molar-refractivity contribution is -0.131. The van der Waals surface area contributed by atoms with Gasteiger partial charge < -0.3 is 15.6 Å². The van der Waals surface area contributed by atoms with Crippen LogP contribution in [-0.4, -0.2) is 61.0 Å². The van der Waals surface area contributed by atoms with Gasteiger partial charge in [-0.3, -0.25) is 4.79 Å². The molecule has 1 aromatic heterocycles. The van der Waals surface area contributed by atoms with E-state index in [0.29, 0.717) is 16.9 Å². The SMILES string of the molecule is COC(=O)N(Cc1cc(C(CO)N(CCC(C)C)S(=O)(=O)c2ccccc2)cs1)C(=O)[C@@H](N)C(c1ccccc1)c1ccccc1. The maximum absolute atomic E-state index is 14.0. The van der Waals surface area contributed by atoms with E-state index in [1.54, 1.807) is 29.6 Å². The number of carbonyl (C=O) groups excluding carboxylic acids is 2. The van der Waals surface area contributed by atoms with Crippen LogP contribution < -0.4 is 5.73 Å². The van der Waals surface area contributed by atoms with Gasteiger partial charge in [-0.25, -0.2) is 18.1 Å². The molecular formula is C35H41N3O6S2. The second kappa shape index (κ2) is 16.1. The molecule has 0 aliphatic carbocycles. The first-order chi connectivity index (χ1) is 22.1. The van der Waals surface area contributed by atoms with Crippen molar-refractivity contribution in [2.45, 2.75) is 49.7 Å². The highest BCUT2D eigenvalue weighted by Gasteiger charge is 2.36. The number of amides is 2. The third-order valence-electron chi connectivity index (χ3n) is 7.79. The Morgan fingerprint density at radius 3 is 1.93 bits per heavy atom. The summed E-state index contributed by atoms with van der Waals surface area (Å²) in [4.78, 5) is 28.7. The van der Waals surface area contributed by atoms with Crippen molar-refractivity contribution in [2.24, 2.45) is 11.7 Å². The number of sulfonamides is 1. The molecule has 0 saturated heterocycles. The molecule has 3 N–H and O–H groups in total. The summed E-state index contributed by atoms with van der Waals surface area (Å²) in [7, 11) is -2.75. The molecule has 244 valence electrons. The van der Waals surface area contributed by atoms with E-state index in [2.05, 4.69) is 0 Å². The van der Waals surface area contributed by atoms with E-state index >= 15 is 0 Å². The summed E-state index contributed by atoms with van der Waals surface area (Å²) >= 11 is 1.25. The summed E-state index contributed by atoms with van der Waals surface area (Å²) < 4.78 is 33.9. The van der Waals surface area contributed by atoms with Crippen LogP contribution in [0.4, 0.5) is 4.79 Å². The van der Waals surface area contributed by atoms with Gasteiger partial charge in [0.2, 0.25) is 15.9 Å². The van der Waals surface area contributed by atoms with Crippen molar-refractivity contribution in [2.75, 3.05) is 20.3 Å². The van der Waals surface area contributed by atoms with E-state index < -0.39 is 46.6 Å². The molecule has 9 nitrogen and oxygen atoms in total. The largest absolute Gasteiger partial charge is 0.452 e. The minimum atomic E-state index is -3.95. The van der Waals surface area contributed by atoms with E-state index in [4.69, 9.17) is 10.5 Å². The zero-order chi connectivity index (χ0) is 33.3. The number of imide groups is 1. The van der Waals surface area contributed by atoms with Crippen molar-refractivity contribution in [1.82, 2.24) is 9.21 Å². The van der Waals surface area contributed by atoms with Gasteiger partial charge in [-0.1, -0.05) is 92.7 Å². The van der Waals surface area contributed by atoms with Gasteiger partial charge in [-0.15, -0.1) is 11.3 Å². The zero-order valence-electron chi connectivity index (χ0n) is 26.2. The van der Waals surface area contributed by atoms with E-state index in [0.717, 1.165) is 16.0 Å². The van der Waals surface area contributed by atoms with Crippen molar-refractivity contribution in [3.05, 3.63) is 124 Å². The number of hydrogen-bond acceptors (Lipinski definition) is 8. The normalized spacial score (nSPS) is 13.1. The van der Waals surface area contributed by atoms with Gasteiger partial charge in [0.05, 0.1) is 37.2 Å². The average Bonchev–Trinajstić information content (AvgIpc) is 3.54. The van der Waals surface area contributed by atoms with Crippen LogP contribution in [0.15, 0.2) is 107 Å². The Labute approximate surface area is 275 Å². The fourth-order valence-corrected chi connectivity index (χ4v) is 7.89.